The van der Waals surface area contributed by atoms with Gasteiger partial charge in [-0.25, -0.2) is 0 Å². The number of carbonyl (C=O) groups excluding carboxylic acids is 1. The highest BCUT2D eigenvalue weighted by molar-refractivity contribution is 5.94. The van der Waals surface area contributed by atoms with Crippen molar-refractivity contribution >= 4 is 5.91 Å². The molecule has 0 radical (unpaired) electrons. The highest BCUT2D eigenvalue weighted by Gasteiger charge is 2.55. The quantitative estimate of drug-likeness (QED) is 0.819. The molecule has 0 unspecified atom stereocenters. The Balaban J connectivity index is 1.46. The summed E-state index contributed by atoms with van der Waals surface area (Å²) < 4.78 is 0. The van der Waals surface area contributed by atoms with Crippen molar-refractivity contribution in [2.75, 3.05) is 13.1 Å². The first-order chi connectivity index (χ1) is 11.1. The first-order valence-electron chi connectivity index (χ1n) is 8.73. The molecule has 1 saturated heterocycles. The van der Waals surface area contributed by atoms with E-state index in [-0.39, 0.29) is 11.3 Å². The number of amides is 1. The molecule has 2 aliphatic carbocycles. The highest BCUT2D eigenvalue weighted by Crippen LogP contribution is 2.49. The monoisotopic (exact) mass is 316 g/mol. The predicted molar refractivity (Wildman–Crippen MR) is 85.1 cm³/mol. The van der Waals surface area contributed by atoms with Crippen LogP contribution in [0.3, 0.4) is 0 Å². The van der Waals surface area contributed by atoms with Crippen molar-refractivity contribution in [1.82, 2.24) is 9.88 Å². The van der Waals surface area contributed by atoms with Gasteiger partial charge in [0.15, 0.2) is 0 Å². The number of aliphatic hydroxyl groups excluding tert-OH is 2. The van der Waals surface area contributed by atoms with E-state index in [1.807, 2.05) is 11.0 Å². The Morgan fingerprint density at radius 2 is 1.87 bits per heavy atom. The number of rotatable bonds is 1. The van der Waals surface area contributed by atoms with Gasteiger partial charge in [-0.2, -0.15) is 0 Å². The second kappa shape index (κ2) is 5.56. The van der Waals surface area contributed by atoms with Gasteiger partial charge in [0.1, 0.15) is 0 Å². The lowest BCUT2D eigenvalue weighted by atomic mass is 9.58. The van der Waals surface area contributed by atoms with E-state index in [1.54, 1.807) is 6.20 Å². The Bertz CT molecular complexity index is 613. The standard InChI is InChI=1S/C18H24N2O3/c21-15-10-16(22)18(15)5-7-20(8-6-18)17(23)13-9-12-3-1-2-4-14(12)19-11-13/h9,11,15-16,21-22H,1-8,10H2/t15-,16+. The SMILES string of the molecule is O=C(c1cnc2c(c1)CCCC2)N1CCC2(CC1)[C@H](O)C[C@@H]2O. The van der Waals surface area contributed by atoms with Crippen LogP contribution in [0.5, 0.6) is 0 Å². The van der Waals surface area contributed by atoms with Crippen molar-refractivity contribution < 1.29 is 15.0 Å². The van der Waals surface area contributed by atoms with Gasteiger partial charge in [-0.05, 0) is 50.2 Å². The summed E-state index contributed by atoms with van der Waals surface area (Å²) in [6.45, 7) is 1.20. The normalized spacial score (nSPS) is 29.0. The van der Waals surface area contributed by atoms with Gasteiger partial charge >= 0.3 is 0 Å². The molecule has 124 valence electrons. The van der Waals surface area contributed by atoms with Crippen LogP contribution < -0.4 is 0 Å². The van der Waals surface area contributed by atoms with E-state index in [2.05, 4.69) is 4.98 Å². The Kier molecular flexibility index (Phi) is 3.65. The number of fused-ring (bicyclic) bond motifs is 1. The molecule has 2 N–H and O–H groups in total. The minimum atomic E-state index is -0.417. The van der Waals surface area contributed by atoms with E-state index in [1.165, 1.54) is 18.4 Å². The summed E-state index contributed by atoms with van der Waals surface area (Å²) in [5, 5.41) is 20.0. The smallest absolute Gasteiger partial charge is 0.255 e. The molecule has 5 heteroatoms. The van der Waals surface area contributed by atoms with Crippen LogP contribution in [-0.2, 0) is 12.8 Å². The maximum Gasteiger partial charge on any atom is 0.255 e. The fourth-order valence-electron chi connectivity index (χ4n) is 4.42. The number of pyridine rings is 1. The molecule has 1 amide bonds. The maximum atomic E-state index is 12.7. The summed E-state index contributed by atoms with van der Waals surface area (Å²) >= 11 is 0. The first kappa shape index (κ1) is 15.1. The minimum Gasteiger partial charge on any atom is -0.392 e. The van der Waals surface area contributed by atoms with Crippen LogP contribution in [0.15, 0.2) is 12.3 Å². The maximum absolute atomic E-state index is 12.7. The largest absolute Gasteiger partial charge is 0.392 e. The number of hydrogen-bond acceptors (Lipinski definition) is 4. The van der Waals surface area contributed by atoms with Gasteiger partial charge in [0.2, 0.25) is 0 Å². The van der Waals surface area contributed by atoms with Gasteiger partial charge in [0.05, 0.1) is 17.8 Å². The third-order valence-electron chi connectivity index (χ3n) is 6.17. The van der Waals surface area contributed by atoms with E-state index in [0.29, 0.717) is 37.9 Å². The number of carbonyl (C=O) groups is 1. The summed E-state index contributed by atoms with van der Waals surface area (Å²) in [6.07, 6.45) is 7.11. The molecular formula is C18H24N2O3. The molecule has 3 aliphatic rings. The van der Waals surface area contributed by atoms with Gasteiger partial charge in [0.25, 0.3) is 5.91 Å². The Hall–Kier alpha value is -1.46. The van der Waals surface area contributed by atoms with Crippen molar-refractivity contribution in [2.45, 2.75) is 57.2 Å². The van der Waals surface area contributed by atoms with Crippen molar-refractivity contribution in [3.63, 3.8) is 0 Å². The van der Waals surface area contributed by atoms with Gasteiger partial charge in [-0.15, -0.1) is 0 Å². The second-order valence-electron chi connectivity index (χ2n) is 7.33. The minimum absolute atomic E-state index is 0.0315. The summed E-state index contributed by atoms with van der Waals surface area (Å²) in [7, 11) is 0. The fraction of sp³-hybridized carbons (Fsp3) is 0.667. The molecule has 23 heavy (non-hydrogen) atoms. The van der Waals surface area contributed by atoms with Gasteiger partial charge in [0, 0.05) is 36.8 Å². The van der Waals surface area contributed by atoms with Crippen molar-refractivity contribution in [1.29, 1.82) is 0 Å². The van der Waals surface area contributed by atoms with E-state index in [4.69, 9.17) is 0 Å². The Morgan fingerprint density at radius 3 is 2.57 bits per heavy atom. The zero-order valence-electron chi connectivity index (χ0n) is 13.4. The average molecular weight is 316 g/mol. The first-order valence-corrected chi connectivity index (χ1v) is 8.73. The Morgan fingerprint density at radius 1 is 1.17 bits per heavy atom. The van der Waals surface area contributed by atoms with Crippen LogP contribution in [0.4, 0.5) is 0 Å². The number of aryl methyl sites for hydroxylation is 2. The van der Waals surface area contributed by atoms with Crippen LogP contribution in [0, 0.1) is 5.41 Å². The van der Waals surface area contributed by atoms with Gasteiger partial charge in [-0.3, -0.25) is 9.78 Å². The second-order valence-corrected chi connectivity index (χ2v) is 7.33. The lowest BCUT2D eigenvalue weighted by molar-refractivity contribution is -0.187. The number of aromatic nitrogens is 1. The topological polar surface area (TPSA) is 73.7 Å². The molecule has 1 aliphatic heterocycles. The Labute approximate surface area is 136 Å². The van der Waals surface area contributed by atoms with Crippen molar-refractivity contribution in [3.05, 3.63) is 29.1 Å². The van der Waals surface area contributed by atoms with Crippen LogP contribution >= 0.6 is 0 Å². The lowest BCUT2D eigenvalue weighted by Crippen LogP contribution is -2.61. The third kappa shape index (κ3) is 2.37. The summed E-state index contributed by atoms with van der Waals surface area (Å²) in [4.78, 5) is 19.1. The van der Waals surface area contributed by atoms with Crippen LogP contribution in [0.25, 0.3) is 0 Å². The van der Waals surface area contributed by atoms with E-state index >= 15 is 0 Å². The molecule has 0 aromatic carbocycles. The molecule has 1 saturated carbocycles. The molecule has 0 bridgehead atoms. The number of likely N-dealkylation sites (tertiary alicyclic amines) is 1. The molecule has 1 aromatic rings. The zero-order chi connectivity index (χ0) is 16.0. The predicted octanol–water partition coefficient (Wildman–Crippen LogP) is 1.31. The van der Waals surface area contributed by atoms with E-state index in [9.17, 15) is 15.0 Å². The summed E-state index contributed by atoms with van der Waals surface area (Å²) in [6, 6.07) is 2.02. The highest BCUT2D eigenvalue weighted by atomic mass is 16.3. The van der Waals surface area contributed by atoms with E-state index in [0.717, 1.165) is 18.5 Å². The number of piperidine rings is 1. The molecule has 1 spiro atoms. The molecule has 2 fully saturated rings. The molecule has 1 aromatic heterocycles. The van der Waals surface area contributed by atoms with Crippen LogP contribution in [0.1, 0.15) is 53.7 Å². The zero-order valence-corrected chi connectivity index (χ0v) is 13.4. The molecular weight excluding hydrogens is 292 g/mol. The summed E-state index contributed by atoms with van der Waals surface area (Å²) in [5.74, 6) is 0.0315. The fourth-order valence-corrected chi connectivity index (χ4v) is 4.42. The lowest BCUT2D eigenvalue weighted by Gasteiger charge is -2.54. The molecule has 2 heterocycles. The van der Waals surface area contributed by atoms with Gasteiger partial charge < -0.3 is 15.1 Å². The van der Waals surface area contributed by atoms with Crippen molar-refractivity contribution in [2.24, 2.45) is 5.41 Å². The molecule has 2 atom stereocenters. The third-order valence-corrected chi connectivity index (χ3v) is 6.17. The van der Waals surface area contributed by atoms with Crippen LogP contribution in [-0.4, -0.2) is 51.3 Å². The number of nitrogens with zero attached hydrogens (tertiary/aromatic N) is 2. The summed E-state index contributed by atoms with van der Waals surface area (Å²) in [5.41, 5.74) is 2.67. The molecule has 4 rings (SSSR count). The average Bonchev–Trinajstić information content (AvgIpc) is 2.61. The van der Waals surface area contributed by atoms with Gasteiger partial charge in [-0.1, -0.05) is 0 Å². The van der Waals surface area contributed by atoms with Crippen molar-refractivity contribution in [3.8, 4) is 0 Å². The number of aliphatic hydroxyl groups is 2. The van der Waals surface area contributed by atoms with Crippen LogP contribution in [0.2, 0.25) is 0 Å². The molecule has 5 nitrogen and oxygen atoms in total. The van der Waals surface area contributed by atoms with E-state index < -0.39 is 12.2 Å². The number of hydrogen-bond donors (Lipinski definition) is 2.